The van der Waals surface area contributed by atoms with Crippen LogP contribution in [0.2, 0.25) is 10.3 Å². The third-order valence-electron chi connectivity index (χ3n) is 5.95. The number of rotatable bonds is 12. The Morgan fingerprint density at radius 3 is 2.37 bits per heavy atom. The summed E-state index contributed by atoms with van der Waals surface area (Å²) in [4.78, 5) is 27.4. The molecule has 0 spiro atoms. The van der Waals surface area contributed by atoms with Crippen LogP contribution in [0.15, 0.2) is 29.4 Å². The lowest BCUT2D eigenvalue weighted by Crippen LogP contribution is -2.44. The largest absolute Gasteiger partial charge is 0.393 e. The summed E-state index contributed by atoms with van der Waals surface area (Å²) in [6.45, 7) is 2.37. The van der Waals surface area contributed by atoms with Gasteiger partial charge in [-0.2, -0.15) is 10.1 Å². The average Bonchev–Trinajstić information content (AvgIpc) is 3.15. The number of halogens is 2. The van der Waals surface area contributed by atoms with Crippen molar-refractivity contribution in [2.75, 3.05) is 30.1 Å². The van der Waals surface area contributed by atoms with Crippen LogP contribution in [0.5, 0.6) is 0 Å². The summed E-state index contributed by atoms with van der Waals surface area (Å²) in [6.07, 6.45) is -5.95. The number of hydrogen-bond donors (Lipinski definition) is 7. The van der Waals surface area contributed by atoms with Gasteiger partial charge in [-0.1, -0.05) is 23.7 Å². The number of aromatic nitrogens is 2. The smallest absolute Gasteiger partial charge is 0.361 e. The molecule has 3 rings (SSSR count). The molecule has 38 heavy (non-hydrogen) atoms. The molecule has 0 saturated carbocycles. The molecule has 1 saturated heterocycles. The molecule has 2 heterocycles. The summed E-state index contributed by atoms with van der Waals surface area (Å²) in [5.74, 6) is 0.431. The van der Waals surface area contributed by atoms with Crippen molar-refractivity contribution >= 4 is 49.2 Å². The van der Waals surface area contributed by atoms with E-state index in [-0.39, 0.29) is 11.1 Å². The lowest BCUT2D eigenvalue weighted by Gasteiger charge is -2.32. The van der Waals surface area contributed by atoms with Gasteiger partial charge in [0.2, 0.25) is 10.6 Å². The van der Waals surface area contributed by atoms with Gasteiger partial charge in [0.05, 0.1) is 19.8 Å². The van der Waals surface area contributed by atoms with Crippen LogP contribution in [-0.4, -0.2) is 96.6 Å². The van der Waals surface area contributed by atoms with Gasteiger partial charge in [0.25, 0.3) is 0 Å². The highest BCUT2D eigenvalue weighted by atomic mass is 35.5. The first-order chi connectivity index (χ1) is 17.9. The Kier molecular flexibility index (Phi) is 10.1. The van der Waals surface area contributed by atoms with E-state index >= 15 is 0 Å². The number of aliphatic hydroxyl groups excluding tert-OH is 4. The van der Waals surface area contributed by atoms with Crippen molar-refractivity contribution < 1.29 is 44.3 Å². The van der Waals surface area contributed by atoms with Crippen LogP contribution in [-0.2, 0) is 20.6 Å². The number of hydrazone groups is 1. The molecule has 0 bridgehead atoms. The summed E-state index contributed by atoms with van der Waals surface area (Å²) in [6, 6.07) is 7.13. The summed E-state index contributed by atoms with van der Waals surface area (Å²) < 4.78 is 22.6. The number of ether oxygens (including phenoxy) is 2. The number of anilines is 2. The molecule has 1 aliphatic rings. The van der Waals surface area contributed by atoms with Gasteiger partial charge in [0, 0.05) is 23.8 Å². The maximum Gasteiger partial charge on any atom is 0.361 e. The number of nitrogens with zero attached hydrogens (tertiary/aromatic N) is 4. The standard InChI is InChI=1S/C21H28Cl2N5O9P/c1-11-17(25-7-12-3-5-13(22)6-4-12)26-20(23)27-18(11)28(24-2)19-16(32)15(31)14(37-19)8-36-21(9-29,10-30)38(33,34)35/h3-6,14-16,19,29-32H,2,7-10H2,1H3,(H,25,26,27)(H2,33,34,35)/t14-,15-,16-,19+/m1/s1. The Hall–Kier alpha value is -1.94. The van der Waals surface area contributed by atoms with Crippen LogP contribution >= 0.6 is 30.8 Å². The third kappa shape index (κ3) is 6.43. The predicted octanol–water partition coefficient (Wildman–Crippen LogP) is 0.448. The fourth-order valence-corrected chi connectivity index (χ4v) is 4.55. The molecular weight excluding hydrogens is 568 g/mol. The molecule has 17 heteroatoms. The minimum Gasteiger partial charge on any atom is -0.393 e. The number of hydrogen-bond acceptors (Lipinski definition) is 12. The molecular formula is C21H28Cl2N5O9P. The van der Waals surface area contributed by atoms with Crippen LogP contribution in [0, 0.1) is 6.92 Å². The van der Waals surface area contributed by atoms with Crippen LogP contribution in [0.25, 0.3) is 0 Å². The highest BCUT2D eigenvalue weighted by Crippen LogP contribution is 2.51. The zero-order chi connectivity index (χ0) is 28.3. The Morgan fingerprint density at radius 1 is 1.18 bits per heavy atom. The molecule has 0 unspecified atom stereocenters. The Labute approximate surface area is 227 Å². The lowest BCUT2D eigenvalue weighted by molar-refractivity contribution is -0.114. The van der Waals surface area contributed by atoms with Crippen LogP contribution in [0.1, 0.15) is 11.1 Å². The second-order valence-electron chi connectivity index (χ2n) is 8.42. The van der Waals surface area contributed by atoms with Crippen molar-refractivity contribution in [2.45, 2.75) is 43.4 Å². The van der Waals surface area contributed by atoms with E-state index in [9.17, 15) is 34.8 Å². The summed E-state index contributed by atoms with van der Waals surface area (Å²) in [5, 5.41) is 46.0. The van der Waals surface area contributed by atoms with Gasteiger partial charge in [-0.05, 0) is 36.2 Å². The van der Waals surface area contributed by atoms with Crippen LogP contribution in [0.3, 0.4) is 0 Å². The molecule has 7 N–H and O–H groups in total. The second-order valence-corrected chi connectivity index (χ2v) is 11.1. The van der Waals surface area contributed by atoms with Gasteiger partial charge in [-0.15, -0.1) is 0 Å². The van der Waals surface area contributed by atoms with Crippen molar-refractivity contribution in [3.05, 3.63) is 45.7 Å². The molecule has 1 aromatic heterocycles. The first-order valence-electron chi connectivity index (χ1n) is 11.1. The Morgan fingerprint density at radius 2 is 1.82 bits per heavy atom. The first-order valence-corrected chi connectivity index (χ1v) is 13.5. The topological polar surface area (TPSA) is 210 Å². The van der Waals surface area contributed by atoms with Gasteiger partial charge in [-0.25, -0.2) is 9.99 Å². The predicted molar refractivity (Wildman–Crippen MR) is 138 cm³/mol. The highest BCUT2D eigenvalue weighted by molar-refractivity contribution is 7.53. The van der Waals surface area contributed by atoms with Gasteiger partial charge >= 0.3 is 7.60 Å². The molecule has 210 valence electrons. The van der Waals surface area contributed by atoms with Crippen molar-refractivity contribution in [3.8, 4) is 0 Å². The maximum atomic E-state index is 11.8. The summed E-state index contributed by atoms with van der Waals surface area (Å²) >= 11 is 12.1. The van der Waals surface area contributed by atoms with Crippen LogP contribution in [0.4, 0.5) is 11.6 Å². The van der Waals surface area contributed by atoms with E-state index in [0.717, 1.165) is 10.6 Å². The average molecular weight is 596 g/mol. The first kappa shape index (κ1) is 30.6. The Bertz CT molecular complexity index is 1170. The Balaban J connectivity index is 1.81. The zero-order valence-corrected chi connectivity index (χ0v) is 22.5. The van der Waals surface area contributed by atoms with E-state index in [2.05, 4.69) is 27.1 Å². The van der Waals surface area contributed by atoms with Gasteiger partial charge in [0.1, 0.15) is 24.1 Å². The molecule has 4 atom stereocenters. The quantitative estimate of drug-likeness (QED) is 0.0769. The van der Waals surface area contributed by atoms with Crippen molar-refractivity contribution in [1.82, 2.24) is 9.97 Å². The van der Waals surface area contributed by atoms with E-state index < -0.39 is 57.3 Å². The highest BCUT2D eigenvalue weighted by Gasteiger charge is 2.51. The monoisotopic (exact) mass is 595 g/mol. The van der Waals surface area contributed by atoms with E-state index in [1.165, 1.54) is 0 Å². The van der Waals surface area contributed by atoms with Crippen molar-refractivity contribution in [2.24, 2.45) is 5.10 Å². The summed E-state index contributed by atoms with van der Waals surface area (Å²) in [5.41, 5.74) is 1.35. The van der Waals surface area contributed by atoms with Crippen molar-refractivity contribution in [1.29, 1.82) is 0 Å². The summed E-state index contributed by atoms with van der Waals surface area (Å²) in [7, 11) is -5.14. The number of nitrogens with one attached hydrogen (secondary N) is 1. The van der Waals surface area contributed by atoms with Gasteiger partial charge in [-0.3, -0.25) is 4.57 Å². The molecule has 2 aromatic rings. The third-order valence-corrected chi connectivity index (χ3v) is 7.85. The fraction of sp³-hybridized carbons (Fsp3) is 0.476. The van der Waals surface area contributed by atoms with Crippen molar-refractivity contribution in [3.63, 3.8) is 0 Å². The lowest BCUT2D eigenvalue weighted by atomic mass is 10.1. The molecule has 0 radical (unpaired) electrons. The van der Waals surface area contributed by atoms with E-state index in [1.807, 2.05) is 12.1 Å². The minimum atomic E-state index is -5.14. The zero-order valence-electron chi connectivity index (χ0n) is 20.1. The molecule has 1 aromatic carbocycles. The molecule has 1 aliphatic heterocycles. The number of aliphatic hydroxyl groups is 4. The molecule has 0 amide bonds. The maximum absolute atomic E-state index is 11.8. The molecule has 1 fully saturated rings. The second kappa shape index (κ2) is 12.5. The van der Waals surface area contributed by atoms with Crippen LogP contribution < -0.4 is 10.3 Å². The van der Waals surface area contributed by atoms with Gasteiger partial charge < -0.3 is 45.0 Å². The molecule has 14 nitrogen and oxygen atoms in total. The minimum absolute atomic E-state index is 0.0895. The molecule has 0 aliphatic carbocycles. The van der Waals surface area contributed by atoms with E-state index in [1.54, 1.807) is 19.1 Å². The SMILES string of the molecule is C=NN(c1nc(Cl)nc(NCc2ccc(Cl)cc2)c1C)[C@H]1O[C@H](COC(CO)(CO)P(=O)(O)O)[C@@H](O)[C@H]1O. The van der Waals surface area contributed by atoms with E-state index in [0.29, 0.717) is 22.9 Å². The van der Waals surface area contributed by atoms with Gasteiger partial charge in [0.15, 0.2) is 12.0 Å². The normalized spacial score (nSPS) is 21.9. The van der Waals surface area contributed by atoms with E-state index in [4.69, 9.17) is 32.7 Å². The fourth-order valence-electron chi connectivity index (χ4n) is 3.65. The number of benzene rings is 1.